The van der Waals surface area contributed by atoms with Crippen LogP contribution < -0.4 is 0 Å². The van der Waals surface area contributed by atoms with Crippen LogP contribution in [0.5, 0.6) is 0 Å². The van der Waals surface area contributed by atoms with Crippen LogP contribution in [-0.4, -0.2) is 6.08 Å². The summed E-state index contributed by atoms with van der Waals surface area (Å²) >= 11 is 6.07. The summed E-state index contributed by atoms with van der Waals surface area (Å²) in [6, 6.07) is 9.40. The molecule has 0 fully saturated rings. The summed E-state index contributed by atoms with van der Waals surface area (Å²) in [5.41, 5.74) is 1.37. The van der Waals surface area contributed by atoms with E-state index in [0.29, 0.717) is 10.7 Å². The van der Waals surface area contributed by atoms with Crippen molar-refractivity contribution in [3.63, 3.8) is 0 Å². The van der Waals surface area contributed by atoms with Gasteiger partial charge < -0.3 is 0 Å². The predicted octanol–water partition coefficient (Wildman–Crippen LogP) is 3.73. The van der Waals surface area contributed by atoms with Gasteiger partial charge in [0, 0.05) is 10.6 Å². The number of benzene rings is 1. The molecule has 1 rings (SSSR count). The van der Waals surface area contributed by atoms with Gasteiger partial charge in [-0.15, -0.1) is 0 Å². The van der Waals surface area contributed by atoms with Crippen LogP contribution in [0.2, 0.25) is 0 Å². The highest BCUT2D eigenvalue weighted by molar-refractivity contribution is 6.32. The van der Waals surface area contributed by atoms with Crippen molar-refractivity contribution < 1.29 is 4.79 Å². The Bertz CT molecular complexity index is 391. The van der Waals surface area contributed by atoms with Gasteiger partial charge in [-0.2, -0.15) is 4.99 Å². The molecule has 0 unspecified atom stereocenters. The molecule has 2 nitrogen and oxygen atoms in total. The Morgan fingerprint density at radius 1 is 1.40 bits per heavy atom. The van der Waals surface area contributed by atoms with E-state index in [4.69, 9.17) is 11.6 Å². The summed E-state index contributed by atoms with van der Waals surface area (Å²) in [6.07, 6.45) is 3.18. The number of carbonyl (C=O) groups excluding carboxylic acids is 1. The lowest BCUT2D eigenvalue weighted by molar-refractivity contribution is 0.565. The van der Waals surface area contributed by atoms with E-state index in [1.807, 2.05) is 37.3 Å². The Balaban J connectivity index is 3.14. The highest BCUT2D eigenvalue weighted by Gasteiger charge is 2.05. The Kier molecular flexibility index (Phi) is 4.82. The molecule has 0 saturated carbocycles. The molecular formula is C12H12ClNO. The van der Waals surface area contributed by atoms with E-state index in [1.165, 1.54) is 6.08 Å². The Morgan fingerprint density at radius 3 is 2.60 bits per heavy atom. The van der Waals surface area contributed by atoms with Crippen LogP contribution in [-0.2, 0) is 4.79 Å². The topological polar surface area (TPSA) is 29.4 Å². The first-order valence-corrected chi connectivity index (χ1v) is 5.19. The maximum atomic E-state index is 10.3. The van der Waals surface area contributed by atoms with Gasteiger partial charge in [0.1, 0.15) is 0 Å². The minimum Gasteiger partial charge on any atom is -0.211 e. The molecule has 0 spiro atoms. The Morgan fingerprint density at radius 2 is 2.07 bits per heavy atom. The molecule has 0 bridgehead atoms. The maximum absolute atomic E-state index is 10.3. The maximum Gasteiger partial charge on any atom is 0.240 e. The molecule has 0 aliphatic rings. The predicted molar refractivity (Wildman–Crippen MR) is 62.2 cm³/mol. The van der Waals surface area contributed by atoms with Crippen LogP contribution in [0.1, 0.15) is 25.3 Å². The molecule has 0 aromatic heterocycles. The molecule has 0 radical (unpaired) electrons. The molecule has 78 valence electrons. The molecule has 0 amide bonds. The van der Waals surface area contributed by atoms with Crippen LogP contribution in [0, 0.1) is 0 Å². The lowest BCUT2D eigenvalue weighted by Crippen LogP contribution is -1.85. The molecular weight excluding hydrogens is 210 g/mol. The fourth-order valence-electron chi connectivity index (χ4n) is 1.26. The molecule has 0 N–H and O–H groups in total. The second kappa shape index (κ2) is 6.18. The number of isocyanates is 1. The van der Waals surface area contributed by atoms with Crippen molar-refractivity contribution in [2.24, 2.45) is 4.99 Å². The van der Waals surface area contributed by atoms with Crippen molar-refractivity contribution >= 4 is 23.4 Å². The number of halogens is 1. The lowest BCUT2D eigenvalue weighted by atomic mass is 10.1. The molecule has 0 saturated heterocycles. The Hall–Kier alpha value is -1.37. The summed E-state index contributed by atoms with van der Waals surface area (Å²) in [6.45, 7) is 2.02. The highest BCUT2D eigenvalue weighted by atomic mass is 35.5. The minimum absolute atomic E-state index is 0.522. The first kappa shape index (κ1) is 11.7. The third-order valence-electron chi connectivity index (χ3n) is 1.93. The molecule has 3 heteroatoms. The van der Waals surface area contributed by atoms with E-state index >= 15 is 0 Å². The second-order valence-electron chi connectivity index (χ2n) is 3.07. The zero-order valence-electron chi connectivity index (χ0n) is 8.53. The molecule has 1 aromatic carbocycles. The van der Waals surface area contributed by atoms with Gasteiger partial charge in [0.15, 0.2) is 0 Å². The average molecular weight is 222 g/mol. The molecule has 0 heterocycles. The zero-order valence-corrected chi connectivity index (χ0v) is 9.29. The summed E-state index contributed by atoms with van der Waals surface area (Å²) < 4.78 is 0. The summed E-state index contributed by atoms with van der Waals surface area (Å²) in [4.78, 5) is 14.0. The van der Waals surface area contributed by atoms with E-state index in [0.717, 1.165) is 18.4 Å². The van der Waals surface area contributed by atoms with Crippen molar-refractivity contribution in [1.29, 1.82) is 0 Å². The van der Waals surface area contributed by atoms with Crippen molar-refractivity contribution in [1.82, 2.24) is 0 Å². The van der Waals surface area contributed by atoms with Crippen LogP contribution in [0.25, 0.3) is 5.70 Å². The normalized spacial score (nSPS) is 11.6. The SMILES string of the molecule is CCC/C(Cl)=C(/N=C=O)c1ccccc1. The van der Waals surface area contributed by atoms with Gasteiger partial charge in [-0.25, -0.2) is 4.79 Å². The molecule has 0 aliphatic heterocycles. The second-order valence-corrected chi connectivity index (χ2v) is 3.53. The molecule has 0 aliphatic carbocycles. The van der Waals surface area contributed by atoms with Gasteiger partial charge in [-0.3, -0.25) is 0 Å². The zero-order chi connectivity index (χ0) is 11.1. The van der Waals surface area contributed by atoms with E-state index in [1.54, 1.807) is 0 Å². The van der Waals surface area contributed by atoms with Crippen molar-refractivity contribution in [2.45, 2.75) is 19.8 Å². The van der Waals surface area contributed by atoms with Crippen LogP contribution >= 0.6 is 11.6 Å². The van der Waals surface area contributed by atoms with Gasteiger partial charge in [-0.1, -0.05) is 55.3 Å². The standard InChI is InChI=1S/C12H12ClNO/c1-2-6-11(13)12(14-9-15)10-7-4-3-5-8-10/h3-5,7-8H,2,6H2,1H3/b12-11-. The van der Waals surface area contributed by atoms with Gasteiger partial charge in [0.25, 0.3) is 0 Å². The summed E-state index contributed by atoms with van der Waals surface area (Å²) in [7, 11) is 0. The van der Waals surface area contributed by atoms with Gasteiger partial charge in [0.2, 0.25) is 6.08 Å². The average Bonchev–Trinajstić information content (AvgIpc) is 2.27. The fourth-order valence-corrected chi connectivity index (χ4v) is 1.60. The van der Waals surface area contributed by atoms with Crippen molar-refractivity contribution in [2.75, 3.05) is 0 Å². The minimum atomic E-state index is 0.522. The van der Waals surface area contributed by atoms with Gasteiger partial charge in [-0.05, 0) is 6.42 Å². The van der Waals surface area contributed by atoms with Crippen LogP contribution in [0.3, 0.4) is 0 Å². The van der Waals surface area contributed by atoms with E-state index in [9.17, 15) is 4.79 Å². The number of allylic oxidation sites excluding steroid dienone is 1. The quantitative estimate of drug-likeness (QED) is 0.563. The third-order valence-corrected chi connectivity index (χ3v) is 2.30. The molecule has 1 aromatic rings. The number of aliphatic imine (C=N–C) groups is 1. The fraction of sp³-hybridized carbons (Fsp3) is 0.250. The monoisotopic (exact) mass is 221 g/mol. The number of hydrogen-bond donors (Lipinski definition) is 0. The summed E-state index contributed by atoms with van der Waals surface area (Å²) in [5.74, 6) is 0. The smallest absolute Gasteiger partial charge is 0.211 e. The Labute approximate surface area is 94.3 Å². The number of hydrogen-bond acceptors (Lipinski definition) is 2. The van der Waals surface area contributed by atoms with E-state index < -0.39 is 0 Å². The lowest BCUT2D eigenvalue weighted by Gasteiger charge is -2.03. The van der Waals surface area contributed by atoms with Gasteiger partial charge in [0.05, 0.1) is 5.70 Å². The summed E-state index contributed by atoms with van der Waals surface area (Å²) in [5, 5.41) is 0.604. The van der Waals surface area contributed by atoms with Crippen molar-refractivity contribution in [3.05, 3.63) is 40.9 Å². The highest BCUT2D eigenvalue weighted by Crippen LogP contribution is 2.25. The van der Waals surface area contributed by atoms with Crippen LogP contribution in [0.15, 0.2) is 40.4 Å². The molecule has 15 heavy (non-hydrogen) atoms. The number of rotatable bonds is 4. The third kappa shape index (κ3) is 3.35. The van der Waals surface area contributed by atoms with Crippen LogP contribution in [0.4, 0.5) is 0 Å². The number of nitrogens with zero attached hydrogens (tertiary/aromatic N) is 1. The first-order chi connectivity index (χ1) is 7.29. The van der Waals surface area contributed by atoms with E-state index in [2.05, 4.69) is 4.99 Å². The first-order valence-electron chi connectivity index (χ1n) is 4.81. The van der Waals surface area contributed by atoms with E-state index in [-0.39, 0.29) is 0 Å². The van der Waals surface area contributed by atoms with Gasteiger partial charge >= 0.3 is 0 Å². The largest absolute Gasteiger partial charge is 0.240 e. The molecule has 0 atom stereocenters. The van der Waals surface area contributed by atoms with Crippen molar-refractivity contribution in [3.8, 4) is 0 Å².